The minimum Gasteiger partial charge on any atom is -0.320 e. The molecule has 0 aliphatic carbocycles. The van der Waals surface area contributed by atoms with Crippen LogP contribution >= 0.6 is 12.4 Å². The highest BCUT2D eigenvalue weighted by molar-refractivity contribution is 5.85. The molecule has 0 amide bonds. The Hall–Kier alpha value is -1.25. The molecule has 0 saturated carbocycles. The highest BCUT2D eigenvalue weighted by Crippen LogP contribution is 2.21. The SMILES string of the molecule is Cl.N#Cc1cccc(CC(N)C(F)(F)F)c1. The van der Waals surface area contributed by atoms with Gasteiger partial charge in [-0.1, -0.05) is 12.1 Å². The lowest BCUT2D eigenvalue weighted by Crippen LogP contribution is -2.39. The Morgan fingerprint density at radius 2 is 2.00 bits per heavy atom. The fourth-order valence-corrected chi connectivity index (χ4v) is 1.14. The molecule has 0 saturated heterocycles. The molecular weight excluding hydrogens is 241 g/mol. The van der Waals surface area contributed by atoms with Crippen LogP contribution in [0, 0.1) is 11.3 Å². The average Bonchev–Trinajstić information content (AvgIpc) is 2.16. The number of halogens is 4. The Balaban J connectivity index is 0.00000225. The molecular formula is C10H10ClF3N2. The topological polar surface area (TPSA) is 49.8 Å². The van der Waals surface area contributed by atoms with Crippen LogP contribution in [0.5, 0.6) is 0 Å². The zero-order valence-electron chi connectivity index (χ0n) is 8.16. The number of nitrogens with two attached hydrogens (primary N) is 1. The lowest BCUT2D eigenvalue weighted by molar-refractivity contribution is -0.147. The Morgan fingerprint density at radius 1 is 1.38 bits per heavy atom. The maximum atomic E-state index is 12.1. The summed E-state index contributed by atoms with van der Waals surface area (Å²) < 4.78 is 36.4. The Bertz CT molecular complexity index is 384. The van der Waals surface area contributed by atoms with E-state index in [1.807, 2.05) is 6.07 Å². The second kappa shape index (κ2) is 5.73. The van der Waals surface area contributed by atoms with E-state index in [9.17, 15) is 13.2 Å². The minimum atomic E-state index is -4.40. The first-order chi connectivity index (χ1) is 6.93. The van der Waals surface area contributed by atoms with Crippen LogP contribution in [0.1, 0.15) is 11.1 Å². The Kier molecular flexibility index (Phi) is 5.28. The van der Waals surface area contributed by atoms with E-state index in [1.165, 1.54) is 24.3 Å². The smallest absolute Gasteiger partial charge is 0.320 e. The van der Waals surface area contributed by atoms with Gasteiger partial charge in [0.15, 0.2) is 0 Å². The van der Waals surface area contributed by atoms with Gasteiger partial charge < -0.3 is 5.73 Å². The highest BCUT2D eigenvalue weighted by atomic mass is 35.5. The third-order valence-electron chi connectivity index (χ3n) is 1.93. The van der Waals surface area contributed by atoms with Crippen molar-refractivity contribution in [1.29, 1.82) is 5.26 Å². The van der Waals surface area contributed by atoms with Crippen molar-refractivity contribution in [3.8, 4) is 6.07 Å². The zero-order chi connectivity index (χ0) is 11.5. The second-order valence-corrected chi connectivity index (χ2v) is 3.16. The van der Waals surface area contributed by atoms with E-state index >= 15 is 0 Å². The molecule has 1 atom stereocenters. The van der Waals surface area contributed by atoms with Crippen molar-refractivity contribution in [1.82, 2.24) is 0 Å². The third-order valence-corrected chi connectivity index (χ3v) is 1.93. The Labute approximate surface area is 97.3 Å². The van der Waals surface area contributed by atoms with Gasteiger partial charge in [-0.3, -0.25) is 0 Å². The van der Waals surface area contributed by atoms with Gasteiger partial charge in [-0.25, -0.2) is 0 Å². The van der Waals surface area contributed by atoms with Crippen LogP contribution in [0.2, 0.25) is 0 Å². The monoisotopic (exact) mass is 250 g/mol. The molecule has 0 bridgehead atoms. The summed E-state index contributed by atoms with van der Waals surface area (Å²) in [6.07, 6.45) is -4.71. The van der Waals surface area contributed by atoms with Crippen LogP contribution in [0.15, 0.2) is 24.3 Å². The number of nitriles is 1. The van der Waals surface area contributed by atoms with Crippen molar-refractivity contribution in [2.24, 2.45) is 5.73 Å². The van der Waals surface area contributed by atoms with E-state index in [2.05, 4.69) is 0 Å². The van der Waals surface area contributed by atoms with Crippen LogP contribution in [-0.2, 0) is 6.42 Å². The van der Waals surface area contributed by atoms with E-state index in [0.717, 1.165) is 0 Å². The lowest BCUT2D eigenvalue weighted by atomic mass is 10.0. The molecule has 1 unspecified atom stereocenters. The van der Waals surface area contributed by atoms with Crippen molar-refractivity contribution >= 4 is 12.4 Å². The van der Waals surface area contributed by atoms with E-state index in [4.69, 9.17) is 11.0 Å². The summed E-state index contributed by atoms with van der Waals surface area (Å²) in [5.41, 5.74) is 5.72. The molecule has 2 nitrogen and oxygen atoms in total. The van der Waals surface area contributed by atoms with Crippen LogP contribution in [-0.4, -0.2) is 12.2 Å². The molecule has 2 N–H and O–H groups in total. The van der Waals surface area contributed by atoms with Crippen LogP contribution < -0.4 is 5.73 Å². The summed E-state index contributed by atoms with van der Waals surface area (Å²) in [5, 5.41) is 8.55. The highest BCUT2D eigenvalue weighted by Gasteiger charge is 2.36. The van der Waals surface area contributed by atoms with E-state index in [1.54, 1.807) is 0 Å². The van der Waals surface area contributed by atoms with Gasteiger partial charge in [0.25, 0.3) is 0 Å². The van der Waals surface area contributed by atoms with Gasteiger partial charge in [0.1, 0.15) is 6.04 Å². The van der Waals surface area contributed by atoms with E-state index < -0.39 is 12.2 Å². The number of hydrogen-bond acceptors (Lipinski definition) is 2. The number of rotatable bonds is 2. The molecule has 16 heavy (non-hydrogen) atoms. The molecule has 0 aliphatic heterocycles. The fourth-order valence-electron chi connectivity index (χ4n) is 1.14. The van der Waals surface area contributed by atoms with Crippen molar-refractivity contribution in [2.45, 2.75) is 18.6 Å². The van der Waals surface area contributed by atoms with E-state index in [0.29, 0.717) is 11.1 Å². The van der Waals surface area contributed by atoms with Gasteiger partial charge in [-0.05, 0) is 24.1 Å². The predicted octanol–water partition coefficient (Wildman–Crippen LogP) is 2.41. The van der Waals surface area contributed by atoms with Gasteiger partial charge in [0.2, 0.25) is 0 Å². The van der Waals surface area contributed by atoms with Crippen LogP contribution in [0.25, 0.3) is 0 Å². The molecule has 6 heteroatoms. The first kappa shape index (κ1) is 14.8. The lowest BCUT2D eigenvalue weighted by Gasteiger charge is -2.15. The molecule has 1 aromatic rings. The minimum absolute atomic E-state index is 0. The first-order valence-corrected chi connectivity index (χ1v) is 4.25. The first-order valence-electron chi connectivity index (χ1n) is 4.25. The third kappa shape index (κ3) is 4.09. The molecule has 1 rings (SSSR count). The van der Waals surface area contributed by atoms with Crippen LogP contribution in [0.3, 0.4) is 0 Å². The average molecular weight is 251 g/mol. The van der Waals surface area contributed by atoms with Crippen molar-refractivity contribution < 1.29 is 13.2 Å². The maximum Gasteiger partial charge on any atom is 0.403 e. The molecule has 1 aromatic carbocycles. The molecule has 0 aromatic heterocycles. The van der Waals surface area contributed by atoms with Crippen molar-refractivity contribution in [3.63, 3.8) is 0 Å². The zero-order valence-corrected chi connectivity index (χ0v) is 8.98. The van der Waals surface area contributed by atoms with Crippen molar-refractivity contribution in [2.75, 3.05) is 0 Å². The number of alkyl halides is 3. The molecule has 0 fully saturated rings. The largest absolute Gasteiger partial charge is 0.403 e. The summed E-state index contributed by atoms with van der Waals surface area (Å²) in [6.45, 7) is 0. The van der Waals surface area contributed by atoms with Gasteiger partial charge in [0, 0.05) is 0 Å². The molecule has 0 aliphatic rings. The normalized spacial score (nSPS) is 12.4. The molecule has 0 heterocycles. The number of benzene rings is 1. The van der Waals surface area contributed by atoms with Gasteiger partial charge in [-0.15, -0.1) is 12.4 Å². The quantitative estimate of drug-likeness (QED) is 0.876. The number of nitrogens with zero attached hydrogens (tertiary/aromatic N) is 1. The standard InChI is InChI=1S/C10H9F3N2.ClH/c11-10(12,13)9(15)5-7-2-1-3-8(4-7)6-14;/h1-4,9H,5,15H2;1H. The summed E-state index contributed by atoms with van der Waals surface area (Å²) in [5.74, 6) is 0. The van der Waals surface area contributed by atoms with Gasteiger partial charge >= 0.3 is 6.18 Å². The predicted molar refractivity (Wildman–Crippen MR) is 56.1 cm³/mol. The summed E-state index contributed by atoms with van der Waals surface area (Å²) >= 11 is 0. The molecule has 0 spiro atoms. The summed E-state index contributed by atoms with van der Waals surface area (Å²) in [7, 11) is 0. The maximum absolute atomic E-state index is 12.1. The van der Waals surface area contributed by atoms with Crippen LogP contribution in [0.4, 0.5) is 13.2 Å². The number of hydrogen-bond donors (Lipinski definition) is 1. The van der Waals surface area contributed by atoms with Crippen molar-refractivity contribution in [3.05, 3.63) is 35.4 Å². The van der Waals surface area contributed by atoms with E-state index in [-0.39, 0.29) is 18.8 Å². The molecule has 88 valence electrons. The fraction of sp³-hybridized carbons (Fsp3) is 0.300. The van der Waals surface area contributed by atoms with Gasteiger partial charge in [-0.2, -0.15) is 18.4 Å². The van der Waals surface area contributed by atoms with Gasteiger partial charge in [0.05, 0.1) is 11.6 Å². The molecule has 0 radical (unpaired) electrons. The summed E-state index contributed by atoms with van der Waals surface area (Å²) in [6, 6.07) is 5.97. The summed E-state index contributed by atoms with van der Waals surface area (Å²) in [4.78, 5) is 0. The second-order valence-electron chi connectivity index (χ2n) is 3.16. The Morgan fingerprint density at radius 3 is 2.50 bits per heavy atom.